The van der Waals surface area contributed by atoms with E-state index >= 15 is 0 Å². The molecule has 0 aliphatic rings. The van der Waals surface area contributed by atoms with Crippen LogP contribution in [0.2, 0.25) is 0 Å². The molecule has 5 nitrogen and oxygen atoms in total. The van der Waals surface area contributed by atoms with E-state index in [4.69, 9.17) is 24.4 Å². The SMILES string of the molecule is c1ccc(-c2nc3cc4c(cc3o2)sc2cccc(-c3nc(-c5ccc6ccccc6c5)nc(-c5ccc6ccccc6c5-c5ccccc5)n3)c24)cc1. The Morgan fingerprint density at radius 1 is 0.407 bits per heavy atom. The van der Waals surface area contributed by atoms with Gasteiger partial charge in [0.2, 0.25) is 5.89 Å². The number of hydrogen-bond acceptors (Lipinski definition) is 6. The first-order chi connectivity index (χ1) is 26.7. The van der Waals surface area contributed by atoms with Crippen LogP contribution >= 0.6 is 11.3 Å². The number of nitrogens with zero attached hydrogens (tertiary/aromatic N) is 4. The molecule has 0 N–H and O–H groups in total. The van der Waals surface area contributed by atoms with Gasteiger partial charge in [-0.15, -0.1) is 11.3 Å². The van der Waals surface area contributed by atoms with Crippen LogP contribution in [-0.2, 0) is 0 Å². The summed E-state index contributed by atoms with van der Waals surface area (Å²) in [5, 5.41) is 6.79. The van der Waals surface area contributed by atoms with Crippen molar-refractivity contribution in [2.45, 2.75) is 0 Å². The maximum Gasteiger partial charge on any atom is 0.227 e. The molecule has 11 rings (SSSR count). The van der Waals surface area contributed by atoms with Gasteiger partial charge in [-0.3, -0.25) is 0 Å². The molecule has 8 aromatic carbocycles. The van der Waals surface area contributed by atoms with E-state index in [1.54, 1.807) is 11.3 Å². The van der Waals surface area contributed by atoms with Gasteiger partial charge in [0.1, 0.15) is 5.52 Å². The van der Waals surface area contributed by atoms with E-state index in [1.165, 1.54) is 5.39 Å². The summed E-state index contributed by atoms with van der Waals surface area (Å²) < 4.78 is 8.53. The molecule has 0 unspecified atom stereocenters. The van der Waals surface area contributed by atoms with Crippen molar-refractivity contribution in [2.75, 3.05) is 0 Å². The first-order valence-electron chi connectivity index (χ1n) is 17.9. The highest BCUT2D eigenvalue weighted by Gasteiger charge is 2.21. The van der Waals surface area contributed by atoms with E-state index in [1.807, 2.05) is 36.4 Å². The molecule has 0 aliphatic heterocycles. The van der Waals surface area contributed by atoms with E-state index in [-0.39, 0.29) is 0 Å². The highest BCUT2D eigenvalue weighted by molar-refractivity contribution is 7.26. The number of aromatic nitrogens is 4. The van der Waals surface area contributed by atoms with Crippen LogP contribution < -0.4 is 0 Å². The summed E-state index contributed by atoms with van der Waals surface area (Å²) in [5.74, 6) is 2.47. The summed E-state index contributed by atoms with van der Waals surface area (Å²) in [6.45, 7) is 0. The number of benzene rings is 8. The van der Waals surface area contributed by atoms with Gasteiger partial charge < -0.3 is 4.42 Å². The Morgan fingerprint density at radius 3 is 1.93 bits per heavy atom. The molecule has 3 aromatic heterocycles. The minimum Gasteiger partial charge on any atom is -0.436 e. The van der Waals surface area contributed by atoms with Crippen LogP contribution in [0.5, 0.6) is 0 Å². The Hall–Kier alpha value is -7.02. The summed E-state index contributed by atoms with van der Waals surface area (Å²) in [7, 11) is 0. The van der Waals surface area contributed by atoms with Crippen molar-refractivity contribution in [1.82, 2.24) is 19.9 Å². The lowest BCUT2D eigenvalue weighted by Crippen LogP contribution is -2.01. The molecule has 0 fully saturated rings. The largest absolute Gasteiger partial charge is 0.436 e. The normalized spacial score (nSPS) is 11.7. The van der Waals surface area contributed by atoms with Gasteiger partial charge in [-0.1, -0.05) is 127 Å². The van der Waals surface area contributed by atoms with Gasteiger partial charge in [0.25, 0.3) is 0 Å². The molecule has 0 radical (unpaired) electrons. The van der Waals surface area contributed by atoms with Crippen LogP contribution in [0, 0.1) is 0 Å². The topological polar surface area (TPSA) is 64.7 Å². The lowest BCUT2D eigenvalue weighted by atomic mass is 9.93. The zero-order chi connectivity index (χ0) is 35.6. The first kappa shape index (κ1) is 30.6. The minimum atomic E-state index is 0.611. The lowest BCUT2D eigenvalue weighted by molar-refractivity contribution is 0.620. The van der Waals surface area contributed by atoms with Gasteiger partial charge in [-0.05, 0) is 63.5 Å². The second kappa shape index (κ2) is 12.3. The van der Waals surface area contributed by atoms with Crippen molar-refractivity contribution in [3.8, 4) is 56.7 Å². The van der Waals surface area contributed by atoms with Crippen LogP contribution in [-0.4, -0.2) is 19.9 Å². The van der Waals surface area contributed by atoms with Gasteiger partial charge >= 0.3 is 0 Å². The Balaban J connectivity index is 1.17. The van der Waals surface area contributed by atoms with Gasteiger partial charge in [-0.25, -0.2) is 19.9 Å². The Kier molecular flexibility index (Phi) is 6.97. The maximum absolute atomic E-state index is 6.27. The zero-order valence-corrected chi connectivity index (χ0v) is 29.6. The maximum atomic E-state index is 6.27. The lowest BCUT2D eigenvalue weighted by Gasteiger charge is -2.15. The molecule has 3 heterocycles. The molecule has 0 atom stereocenters. The first-order valence-corrected chi connectivity index (χ1v) is 18.7. The molecule has 0 spiro atoms. The fourth-order valence-electron chi connectivity index (χ4n) is 7.59. The van der Waals surface area contributed by atoms with Crippen LogP contribution in [0.25, 0.3) is 110 Å². The van der Waals surface area contributed by atoms with Crippen molar-refractivity contribution in [3.05, 3.63) is 170 Å². The molecule has 252 valence electrons. The van der Waals surface area contributed by atoms with Crippen molar-refractivity contribution in [3.63, 3.8) is 0 Å². The number of thiophene rings is 1. The third-order valence-corrected chi connectivity index (χ3v) is 11.3. The minimum absolute atomic E-state index is 0.611. The molecule has 0 saturated heterocycles. The van der Waals surface area contributed by atoms with Gasteiger partial charge in [0.15, 0.2) is 23.1 Å². The molecule has 11 aromatic rings. The van der Waals surface area contributed by atoms with E-state index in [0.717, 1.165) is 80.8 Å². The molecule has 0 amide bonds. The van der Waals surface area contributed by atoms with Crippen LogP contribution in [0.4, 0.5) is 0 Å². The number of rotatable bonds is 5. The van der Waals surface area contributed by atoms with Crippen molar-refractivity contribution < 1.29 is 4.42 Å². The second-order valence-corrected chi connectivity index (χ2v) is 14.5. The summed E-state index contributed by atoms with van der Waals surface area (Å²) in [4.78, 5) is 20.8. The predicted molar refractivity (Wildman–Crippen MR) is 222 cm³/mol. The van der Waals surface area contributed by atoms with Gasteiger partial charge in [-0.2, -0.15) is 0 Å². The summed E-state index contributed by atoms with van der Waals surface area (Å²) >= 11 is 1.74. The highest BCUT2D eigenvalue weighted by Crippen LogP contribution is 2.43. The van der Waals surface area contributed by atoms with Crippen LogP contribution in [0.1, 0.15) is 0 Å². The van der Waals surface area contributed by atoms with Crippen LogP contribution in [0.15, 0.2) is 174 Å². The molecular formula is C48H28N4OS. The smallest absolute Gasteiger partial charge is 0.227 e. The summed E-state index contributed by atoms with van der Waals surface area (Å²) in [6.07, 6.45) is 0. The fourth-order valence-corrected chi connectivity index (χ4v) is 8.73. The van der Waals surface area contributed by atoms with E-state index < -0.39 is 0 Å². The Labute approximate surface area is 313 Å². The van der Waals surface area contributed by atoms with Gasteiger partial charge in [0.05, 0.1) is 0 Å². The molecule has 0 bridgehead atoms. The van der Waals surface area contributed by atoms with E-state index in [9.17, 15) is 0 Å². The third-order valence-electron chi connectivity index (χ3n) is 10.1. The average molecular weight is 709 g/mol. The number of hydrogen-bond donors (Lipinski definition) is 0. The summed E-state index contributed by atoms with van der Waals surface area (Å²) in [5.41, 5.74) is 7.55. The molecular weight excluding hydrogens is 681 g/mol. The molecule has 0 aliphatic carbocycles. The standard InChI is InChI=1S/C48H28N4OS/c1-3-14-31(15-4-1)43-35-19-10-9-13-30(35)24-25-37(43)47-51-45(34-23-22-29-12-7-8-18-33(29)26-34)50-46(52-47)36-20-11-21-41-44(36)38-27-39-40(28-42(38)54-41)53-48(49-39)32-16-5-2-6-17-32/h1-28H. The number of oxazole rings is 1. The van der Waals surface area contributed by atoms with E-state index in [0.29, 0.717) is 23.4 Å². The monoisotopic (exact) mass is 708 g/mol. The zero-order valence-electron chi connectivity index (χ0n) is 28.8. The fraction of sp³-hybridized carbons (Fsp3) is 0. The Morgan fingerprint density at radius 2 is 1.09 bits per heavy atom. The van der Waals surface area contributed by atoms with E-state index in [2.05, 4.69) is 133 Å². The van der Waals surface area contributed by atoms with Crippen molar-refractivity contribution in [1.29, 1.82) is 0 Å². The van der Waals surface area contributed by atoms with Crippen LogP contribution in [0.3, 0.4) is 0 Å². The highest BCUT2D eigenvalue weighted by atomic mass is 32.1. The quantitative estimate of drug-likeness (QED) is 0.178. The third kappa shape index (κ3) is 5.07. The molecule has 0 saturated carbocycles. The second-order valence-electron chi connectivity index (χ2n) is 13.4. The molecule has 6 heteroatoms. The molecule has 54 heavy (non-hydrogen) atoms. The number of fused-ring (bicyclic) bond motifs is 6. The van der Waals surface area contributed by atoms with Crippen molar-refractivity contribution in [2.24, 2.45) is 0 Å². The Bertz CT molecular complexity index is 3220. The predicted octanol–water partition coefficient (Wildman–Crippen LogP) is 13.0. The van der Waals surface area contributed by atoms with Gasteiger partial charge in [0, 0.05) is 54.1 Å². The summed E-state index contributed by atoms with van der Waals surface area (Å²) in [6, 6.07) is 58.8. The average Bonchev–Trinajstić information content (AvgIpc) is 3.83. The van der Waals surface area contributed by atoms with Crippen molar-refractivity contribution >= 4 is 64.2 Å².